The fourth-order valence-electron chi connectivity index (χ4n) is 3.96. The highest BCUT2D eigenvalue weighted by Crippen LogP contribution is 2.34. The van der Waals surface area contributed by atoms with E-state index in [2.05, 4.69) is 10.6 Å². The molecule has 5 nitrogen and oxygen atoms in total. The molecule has 0 bridgehead atoms. The van der Waals surface area contributed by atoms with Crippen LogP contribution >= 0.6 is 12.4 Å². The van der Waals surface area contributed by atoms with Gasteiger partial charge in [0.05, 0.1) is 0 Å². The number of hydrogen-bond donors (Lipinski definition) is 3. The number of halogens is 1. The first-order valence-electron chi connectivity index (χ1n) is 8.93. The summed E-state index contributed by atoms with van der Waals surface area (Å²) in [6.45, 7) is 3.27. The van der Waals surface area contributed by atoms with Gasteiger partial charge in [0.25, 0.3) is 0 Å². The van der Waals surface area contributed by atoms with E-state index >= 15 is 0 Å². The van der Waals surface area contributed by atoms with Gasteiger partial charge in [-0.3, -0.25) is 9.59 Å². The third-order valence-corrected chi connectivity index (χ3v) is 5.34. The zero-order valence-corrected chi connectivity index (χ0v) is 15.1. The van der Waals surface area contributed by atoms with Gasteiger partial charge < -0.3 is 16.4 Å². The van der Waals surface area contributed by atoms with Gasteiger partial charge >= 0.3 is 0 Å². The SMILES string of the molecule is CCCNC(=O)C1(NC(=O)[C@@H]2CCC[C@@H]2CN)CCCCC1.Cl. The highest BCUT2D eigenvalue weighted by molar-refractivity contribution is 5.92. The molecule has 2 atom stereocenters. The molecule has 2 rings (SSSR count). The smallest absolute Gasteiger partial charge is 0.245 e. The average molecular weight is 346 g/mol. The van der Waals surface area contributed by atoms with Gasteiger partial charge in [-0.05, 0) is 44.6 Å². The van der Waals surface area contributed by atoms with Crippen LogP contribution in [-0.4, -0.2) is 30.4 Å². The zero-order valence-electron chi connectivity index (χ0n) is 14.2. The third-order valence-electron chi connectivity index (χ3n) is 5.34. The molecular weight excluding hydrogens is 314 g/mol. The van der Waals surface area contributed by atoms with Crippen molar-refractivity contribution < 1.29 is 9.59 Å². The first kappa shape index (κ1) is 20.2. The van der Waals surface area contributed by atoms with Gasteiger partial charge in [0.15, 0.2) is 0 Å². The largest absolute Gasteiger partial charge is 0.354 e. The van der Waals surface area contributed by atoms with E-state index in [1.807, 2.05) is 6.92 Å². The van der Waals surface area contributed by atoms with Crippen molar-refractivity contribution in [2.45, 2.75) is 70.3 Å². The second-order valence-electron chi connectivity index (χ2n) is 6.92. The first-order chi connectivity index (χ1) is 10.6. The van der Waals surface area contributed by atoms with E-state index in [0.717, 1.165) is 57.8 Å². The van der Waals surface area contributed by atoms with Crippen molar-refractivity contribution in [2.75, 3.05) is 13.1 Å². The van der Waals surface area contributed by atoms with Crippen LogP contribution in [0.4, 0.5) is 0 Å². The van der Waals surface area contributed by atoms with Crippen LogP contribution in [0.1, 0.15) is 64.7 Å². The van der Waals surface area contributed by atoms with E-state index in [1.54, 1.807) is 0 Å². The molecule has 0 aromatic rings. The molecule has 0 radical (unpaired) electrons. The van der Waals surface area contributed by atoms with Crippen LogP contribution in [0.2, 0.25) is 0 Å². The minimum atomic E-state index is -0.688. The van der Waals surface area contributed by atoms with Gasteiger partial charge in [-0.2, -0.15) is 0 Å². The normalized spacial score (nSPS) is 26.2. The maximum absolute atomic E-state index is 12.7. The Bertz CT molecular complexity index is 397. The Morgan fingerprint density at radius 2 is 1.83 bits per heavy atom. The second-order valence-corrected chi connectivity index (χ2v) is 6.92. The summed E-state index contributed by atoms with van der Waals surface area (Å²) in [5.41, 5.74) is 5.11. The number of nitrogens with two attached hydrogens (primary N) is 1. The monoisotopic (exact) mass is 345 g/mol. The molecule has 0 heterocycles. The molecule has 2 fully saturated rings. The molecule has 134 valence electrons. The Balaban J connectivity index is 0.00000264. The highest BCUT2D eigenvalue weighted by atomic mass is 35.5. The van der Waals surface area contributed by atoms with Crippen LogP contribution in [0.25, 0.3) is 0 Å². The number of carbonyl (C=O) groups excluding carboxylic acids is 2. The molecule has 0 aromatic heterocycles. The second kappa shape index (κ2) is 9.48. The van der Waals surface area contributed by atoms with E-state index < -0.39 is 5.54 Å². The Kier molecular flexibility index (Phi) is 8.34. The predicted octanol–water partition coefficient (Wildman–Crippen LogP) is 2.13. The van der Waals surface area contributed by atoms with Crippen molar-refractivity contribution in [2.24, 2.45) is 17.6 Å². The Morgan fingerprint density at radius 1 is 1.13 bits per heavy atom. The maximum atomic E-state index is 12.7. The minimum absolute atomic E-state index is 0. The predicted molar refractivity (Wildman–Crippen MR) is 94.4 cm³/mol. The summed E-state index contributed by atoms with van der Waals surface area (Å²) in [7, 11) is 0. The van der Waals surface area contributed by atoms with Crippen molar-refractivity contribution in [1.82, 2.24) is 10.6 Å². The Morgan fingerprint density at radius 3 is 2.43 bits per heavy atom. The summed E-state index contributed by atoms with van der Waals surface area (Å²) >= 11 is 0. The molecule has 2 amide bonds. The number of amides is 2. The van der Waals surface area contributed by atoms with E-state index in [-0.39, 0.29) is 36.1 Å². The van der Waals surface area contributed by atoms with Crippen LogP contribution in [-0.2, 0) is 9.59 Å². The van der Waals surface area contributed by atoms with Gasteiger partial charge in [0, 0.05) is 12.5 Å². The molecule has 2 aliphatic rings. The van der Waals surface area contributed by atoms with Crippen LogP contribution < -0.4 is 16.4 Å². The Labute approximate surface area is 145 Å². The van der Waals surface area contributed by atoms with E-state index in [1.165, 1.54) is 0 Å². The zero-order chi connectivity index (χ0) is 16.0. The molecule has 2 aliphatic carbocycles. The lowest BCUT2D eigenvalue weighted by Gasteiger charge is -2.37. The summed E-state index contributed by atoms with van der Waals surface area (Å²) in [5.74, 6) is 0.313. The Hall–Kier alpha value is -0.810. The van der Waals surface area contributed by atoms with E-state index in [9.17, 15) is 9.59 Å². The summed E-state index contributed by atoms with van der Waals surface area (Å²) in [6, 6.07) is 0. The number of carbonyl (C=O) groups is 2. The van der Waals surface area contributed by atoms with Crippen molar-refractivity contribution in [3.63, 3.8) is 0 Å². The molecule has 0 unspecified atom stereocenters. The quantitative estimate of drug-likeness (QED) is 0.689. The molecule has 23 heavy (non-hydrogen) atoms. The van der Waals surface area contributed by atoms with Crippen molar-refractivity contribution in [3.05, 3.63) is 0 Å². The van der Waals surface area contributed by atoms with Crippen LogP contribution in [0.5, 0.6) is 0 Å². The summed E-state index contributed by atoms with van der Waals surface area (Å²) in [5, 5.41) is 6.13. The van der Waals surface area contributed by atoms with Crippen LogP contribution in [0.3, 0.4) is 0 Å². The lowest BCUT2D eigenvalue weighted by atomic mass is 9.80. The molecule has 0 aromatic carbocycles. The van der Waals surface area contributed by atoms with Gasteiger partial charge in [-0.25, -0.2) is 0 Å². The molecule has 0 aliphatic heterocycles. The van der Waals surface area contributed by atoms with Gasteiger partial charge in [-0.1, -0.05) is 32.6 Å². The summed E-state index contributed by atoms with van der Waals surface area (Å²) in [4.78, 5) is 25.3. The lowest BCUT2D eigenvalue weighted by molar-refractivity contribution is -0.137. The van der Waals surface area contributed by atoms with Crippen LogP contribution in [0.15, 0.2) is 0 Å². The van der Waals surface area contributed by atoms with Gasteiger partial charge in [0.2, 0.25) is 11.8 Å². The summed E-state index contributed by atoms with van der Waals surface area (Å²) < 4.78 is 0. The fourth-order valence-corrected chi connectivity index (χ4v) is 3.96. The van der Waals surface area contributed by atoms with Crippen molar-refractivity contribution in [3.8, 4) is 0 Å². The van der Waals surface area contributed by atoms with Crippen molar-refractivity contribution in [1.29, 1.82) is 0 Å². The van der Waals surface area contributed by atoms with Gasteiger partial charge in [-0.15, -0.1) is 12.4 Å². The molecule has 0 spiro atoms. The lowest BCUT2D eigenvalue weighted by Crippen LogP contribution is -2.61. The number of nitrogens with one attached hydrogen (secondary N) is 2. The van der Waals surface area contributed by atoms with E-state index in [4.69, 9.17) is 5.73 Å². The first-order valence-corrected chi connectivity index (χ1v) is 8.93. The van der Waals surface area contributed by atoms with Gasteiger partial charge in [0.1, 0.15) is 5.54 Å². The highest BCUT2D eigenvalue weighted by Gasteiger charge is 2.43. The maximum Gasteiger partial charge on any atom is 0.245 e. The standard InChI is InChI=1S/C17H31N3O2.ClH/c1-2-11-19-16(22)17(9-4-3-5-10-17)20-15(21)14-8-6-7-13(14)12-18;/h13-14H,2-12,18H2,1H3,(H,19,22)(H,20,21);1H/t13-,14-;/m1./s1. The molecular formula is C17H32ClN3O2. The summed E-state index contributed by atoms with van der Waals surface area (Å²) in [6.07, 6.45) is 8.58. The fraction of sp³-hybridized carbons (Fsp3) is 0.882. The molecule has 2 saturated carbocycles. The molecule has 4 N–H and O–H groups in total. The number of hydrogen-bond acceptors (Lipinski definition) is 3. The minimum Gasteiger partial charge on any atom is -0.354 e. The average Bonchev–Trinajstić information content (AvgIpc) is 3.02. The van der Waals surface area contributed by atoms with Crippen LogP contribution in [0, 0.1) is 11.8 Å². The van der Waals surface area contributed by atoms with Crippen molar-refractivity contribution >= 4 is 24.2 Å². The molecule has 0 saturated heterocycles. The van der Waals surface area contributed by atoms with E-state index in [0.29, 0.717) is 13.1 Å². The topological polar surface area (TPSA) is 84.2 Å². The number of rotatable bonds is 6. The third kappa shape index (κ3) is 4.83. The molecule has 6 heteroatoms.